The molecule has 1 N–H and O–H groups in total. The Kier molecular flexibility index (Phi) is 3.36. The highest BCUT2D eigenvalue weighted by Gasteiger charge is 2.35. The Hall–Kier alpha value is -1.47. The lowest BCUT2D eigenvalue weighted by atomic mass is 10.1. The van der Waals surface area contributed by atoms with Crippen LogP contribution >= 0.6 is 11.3 Å². The van der Waals surface area contributed by atoms with Gasteiger partial charge in [-0.3, -0.25) is 4.98 Å². The molecule has 18 heavy (non-hydrogen) atoms. The van der Waals surface area contributed by atoms with E-state index in [2.05, 4.69) is 9.97 Å². The van der Waals surface area contributed by atoms with E-state index in [1.807, 2.05) is 6.92 Å². The van der Waals surface area contributed by atoms with Gasteiger partial charge in [-0.1, -0.05) is 0 Å². The van der Waals surface area contributed by atoms with Gasteiger partial charge < -0.3 is 5.11 Å². The minimum Gasteiger partial charge on any atom is -0.381 e. The number of pyridine rings is 1. The molecule has 2 aromatic heterocycles. The molecule has 7 heteroatoms. The van der Waals surface area contributed by atoms with Crippen molar-refractivity contribution in [3.63, 3.8) is 0 Å². The molecule has 2 rings (SSSR count). The number of aromatic nitrogens is 2. The van der Waals surface area contributed by atoms with Crippen LogP contribution < -0.4 is 0 Å². The lowest BCUT2D eigenvalue weighted by molar-refractivity contribution is -0.137. The van der Waals surface area contributed by atoms with E-state index in [-0.39, 0.29) is 4.88 Å². The molecule has 0 radical (unpaired) electrons. The Morgan fingerprint density at radius 1 is 1.33 bits per heavy atom. The number of nitrogens with zero attached hydrogens (tertiary/aromatic N) is 2. The van der Waals surface area contributed by atoms with Gasteiger partial charge in [0.15, 0.2) is 5.01 Å². The van der Waals surface area contributed by atoms with E-state index in [1.165, 1.54) is 6.20 Å². The van der Waals surface area contributed by atoms with Crippen LogP contribution in [0.5, 0.6) is 0 Å². The minimum atomic E-state index is -4.48. The van der Waals surface area contributed by atoms with Crippen LogP contribution in [0.3, 0.4) is 0 Å². The molecule has 0 bridgehead atoms. The maximum Gasteiger partial charge on any atom is 0.443 e. The molecular formula is C11H9F3N2OS. The summed E-state index contributed by atoms with van der Waals surface area (Å²) in [4.78, 5) is 7.32. The zero-order valence-corrected chi connectivity index (χ0v) is 10.1. The number of alkyl halides is 3. The van der Waals surface area contributed by atoms with Crippen LogP contribution in [0.1, 0.15) is 27.2 Å². The number of rotatable bonds is 2. The Bertz CT molecular complexity index is 553. The van der Waals surface area contributed by atoms with E-state index in [0.29, 0.717) is 17.0 Å². The summed E-state index contributed by atoms with van der Waals surface area (Å²) in [5, 5.41) is 8.97. The fourth-order valence-electron chi connectivity index (χ4n) is 1.40. The molecular weight excluding hydrogens is 265 g/mol. The summed E-state index contributed by atoms with van der Waals surface area (Å²) < 4.78 is 37.1. The normalized spacial score (nSPS) is 13.6. The second-order valence-electron chi connectivity index (χ2n) is 3.73. The number of thiazole rings is 1. The predicted molar refractivity (Wildman–Crippen MR) is 60.2 cm³/mol. The molecule has 1 unspecified atom stereocenters. The number of aliphatic hydroxyl groups is 1. The van der Waals surface area contributed by atoms with Gasteiger partial charge in [0, 0.05) is 12.4 Å². The Morgan fingerprint density at radius 2 is 2.06 bits per heavy atom. The molecule has 0 aliphatic carbocycles. The van der Waals surface area contributed by atoms with Crippen LogP contribution in [-0.2, 0) is 6.18 Å². The van der Waals surface area contributed by atoms with Crippen molar-refractivity contribution in [2.75, 3.05) is 0 Å². The number of aryl methyl sites for hydroxylation is 1. The monoisotopic (exact) mass is 274 g/mol. The Labute approximate surface area is 105 Å². The predicted octanol–water partition coefficient (Wildman–Crippen LogP) is 2.95. The van der Waals surface area contributed by atoms with Crippen molar-refractivity contribution >= 4 is 11.3 Å². The van der Waals surface area contributed by atoms with Crippen molar-refractivity contribution in [1.29, 1.82) is 0 Å². The van der Waals surface area contributed by atoms with Gasteiger partial charge in [-0.25, -0.2) is 4.98 Å². The van der Waals surface area contributed by atoms with Crippen LogP contribution in [0.15, 0.2) is 24.5 Å². The van der Waals surface area contributed by atoms with Crippen LogP contribution in [-0.4, -0.2) is 15.1 Å². The van der Waals surface area contributed by atoms with E-state index in [1.54, 1.807) is 12.1 Å². The van der Waals surface area contributed by atoms with Crippen LogP contribution in [0.4, 0.5) is 13.2 Å². The smallest absolute Gasteiger partial charge is 0.381 e. The van der Waals surface area contributed by atoms with Crippen molar-refractivity contribution < 1.29 is 18.3 Å². The summed E-state index contributed by atoms with van der Waals surface area (Å²) in [7, 11) is 0. The first-order chi connectivity index (χ1) is 8.38. The van der Waals surface area contributed by atoms with Crippen molar-refractivity contribution in [1.82, 2.24) is 9.97 Å². The quantitative estimate of drug-likeness (QED) is 0.915. The van der Waals surface area contributed by atoms with E-state index in [4.69, 9.17) is 0 Å². The number of hydrogen-bond acceptors (Lipinski definition) is 4. The van der Waals surface area contributed by atoms with E-state index in [0.717, 1.165) is 11.8 Å². The summed E-state index contributed by atoms with van der Waals surface area (Å²) in [5.41, 5.74) is 1.19. The van der Waals surface area contributed by atoms with Crippen molar-refractivity contribution in [2.24, 2.45) is 0 Å². The lowest BCUT2D eigenvalue weighted by Gasteiger charge is -2.07. The minimum absolute atomic E-state index is 0.125. The first kappa shape index (κ1) is 13.0. The first-order valence-electron chi connectivity index (χ1n) is 5.01. The number of aliphatic hydroxyl groups excluding tert-OH is 1. The zero-order chi connectivity index (χ0) is 13.3. The van der Waals surface area contributed by atoms with Gasteiger partial charge in [0.2, 0.25) is 0 Å². The van der Waals surface area contributed by atoms with E-state index < -0.39 is 17.3 Å². The summed E-state index contributed by atoms with van der Waals surface area (Å²) in [6, 6.07) is 3.36. The van der Waals surface area contributed by atoms with Crippen molar-refractivity contribution in [2.45, 2.75) is 19.2 Å². The fraction of sp³-hybridized carbons (Fsp3) is 0.273. The van der Waals surface area contributed by atoms with Crippen LogP contribution in [0.25, 0.3) is 0 Å². The third kappa shape index (κ3) is 2.68. The topological polar surface area (TPSA) is 46.0 Å². The van der Waals surface area contributed by atoms with Crippen LogP contribution in [0, 0.1) is 6.92 Å². The standard InChI is InChI=1S/C11H9F3N2OS/c1-6-2-3-15-7(4-6)9(17)8-5-16-10(18-8)11(12,13)14/h2-5,9,17H,1H3. The Balaban J connectivity index is 2.29. The maximum absolute atomic E-state index is 12.4. The Morgan fingerprint density at radius 3 is 2.61 bits per heavy atom. The van der Waals surface area contributed by atoms with Gasteiger partial charge in [0.25, 0.3) is 0 Å². The lowest BCUT2D eigenvalue weighted by Crippen LogP contribution is -2.03. The summed E-state index contributed by atoms with van der Waals surface area (Å²) in [5.74, 6) is 0. The molecule has 96 valence electrons. The third-order valence-electron chi connectivity index (χ3n) is 2.25. The fourth-order valence-corrected chi connectivity index (χ4v) is 2.18. The molecule has 0 aliphatic rings. The molecule has 0 amide bonds. The first-order valence-corrected chi connectivity index (χ1v) is 5.83. The van der Waals surface area contributed by atoms with Gasteiger partial charge in [-0.05, 0) is 24.6 Å². The van der Waals surface area contributed by atoms with Crippen molar-refractivity contribution in [3.05, 3.63) is 45.7 Å². The second kappa shape index (κ2) is 4.66. The molecule has 0 saturated heterocycles. The van der Waals surface area contributed by atoms with Gasteiger partial charge in [-0.15, -0.1) is 11.3 Å². The molecule has 0 saturated carbocycles. The van der Waals surface area contributed by atoms with Gasteiger partial charge >= 0.3 is 6.18 Å². The molecule has 2 aromatic rings. The van der Waals surface area contributed by atoms with Gasteiger partial charge in [0.1, 0.15) is 6.10 Å². The SMILES string of the molecule is Cc1ccnc(C(O)c2cnc(C(F)(F)F)s2)c1. The van der Waals surface area contributed by atoms with E-state index >= 15 is 0 Å². The van der Waals surface area contributed by atoms with E-state index in [9.17, 15) is 18.3 Å². The number of halogens is 3. The molecule has 3 nitrogen and oxygen atoms in total. The highest BCUT2D eigenvalue weighted by atomic mass is 32.1. The summed E-state index contributed by atoms with van der Waals surface area (Å²) in [6.07, 6.45) is -3.14. The maximum atomic E-state index is 12.4. The molecule has 0 fully saturated rings. The summed E-state index contributed by atoms with van der Waals surface area (Å²) in [6.45, 7) is 1.81. The molecule has 2 heterocycles. The molecule has 0 spiro atoms. The zero-order valence-electron chi connectivity index (χ0n) is 9.27. The van der Waals surface area contributed by atoms with Crippen LogP contribution in [0.2, 0.25) is 0 Å². The van der Waals surface area contributed by atoms with Gasteiger partial charge in [-0.2, -0.15) is 13.2 Å². The molecule has 0 aromatic carbocycles. The average Bonchev–Trinajstić information content (AvgIpc) is 2.77. The largest absolute Gasteiger partial charge is 0.443 e. The molecule has 0 aliphatic heterocycles. The van der Waals surface area contributed by atoms with Crippen molar-refractivity contribution in [3.8, 4) is 0 Å². The highest BCUT2D eigenvalue weighted by molar-refractivity contribution is 7.11. The number of hydrogen-bond donors (Lipinski definition) is 1. The van der Waals surface area contributed by atoms with Gasteiger partial charge in [0.05, 0.1) is 10.6 Å². The average molecular weight is 274 g/mol. The summed E-state index contributed by atoms with van der Waals surface area (Å²) >= 11 is 0.423. The third-order valence-corrected chi connectivity index (χ3v) is 3.35. The molecule has 1 atom stereocenters. The highest BCUT2D eigenvalue weighted by Crippen LogP contribution is 2.35. The second-order valence-corrected chi connectivity index (χ2v) is 4.79.